The predicted octanol–water partition coefficient (Wildman–Crippen LogP) is 1.10. The summed E-state index contributed by atoms with van der Waals surface area (Å²) in [6.45, 7) is 1.42. The number of pyridine rings is 1. The van der Waals surface area contributed by atoms with Crippen molar-refractivity contribution in [2.24, 2.45) is 5.84 Å². The molecule has 0 radical (unpaired) electrons. The number of aliphatic hydroxyl groups is 1. The molecule has 0 bridgehead atoms. The van der Waals surface area contributed by atoms with Crippen LogP contribution in [0.2, 0.25) is 0 Å². The Morgan fingerprint density at radius 2 is 2.22 bits per heavy atom. The van der Waals surface area contributed by atoms with Crippen LogP contribution in [0.5, 0.6) is 0 Å². The van der Waals surface area contributed by atoms with Gasteiger partial charge in [0.1, 0.15) is 0 Å². The number of nitrogen functional groups attached to an aromatic ring is 1. The molecule has 5 heteroatoms. The number of hydrazine groups is 1. The fourth-order valence-corrected chi connectivity index (χ4v) is 2.68. The van der Waals surface area contributed by atoms with Crippen molar-refractivity contribution in [2.45, 2.75) is 37.8 Å². The van der Waals surface area contributed by atoms with E-state index in [-0.39, 0.29) is 0 Å². The standard InChI is InChI=1S/C13H22N4O/c1-17(10-13(18)5-2-3-6-13)9-12-8-11(16-14)4-7-15-12/h4,7-8,18H,2-3,5-6,9-10,14H2,1H3,(H,15,16). The SMILES string of the molecule is CN(Cc1cc(NN)ccn1)CC1(O)CCCC1. The second-order valence-corrected chi connectivity index (χ2v) is 5.28. The molecule has 0 spiro atoms. The zero-order chi connectivity index (χ0) is 13.0. The van der Waals surface area contributed by atoms with Gasteiger partial charge < -0.3 is 10.5 Å². The van der Waals surface area contributed by atoms with Gasteiger partial charge >= 0.3 is 0 Å². The molecule has 0 aromatic carbocycles. The summed E-state index contributed by atoms with van der Waals surface area (Å²) in [5.41, 5.74) is 3.92. The summed E-state index contributed by atoms with van der Waals surface area (Å²) in [5.74, 6) is 5.37. The van der Waals surface area contributed by atoms with E-state index < -0.39 is 5.60 Å². The third-order valence-electron chi connectivity index (χ3n) is 3.51. The van der Waals surface area contributed by atoms with Crippen LogP contribution in [0, 0.1) is 0 Å². The van der Waals surface area contributed by atoms with Crippen LogP contribution in [0.1, 0.15) is 31.4 Å². The van der Waals surface area contributed by atoms with Crippen molar-refractivity contribution in [1.29, 1.82) is 0 Å². The van der Waals surface area contributed by atoms with E-state index in [9.17, 15) is 5.11 Å². The van der Waals surface area contributed by atoms with Gasteiger partial charge in [-0.2, -0.15) is 0 Å². The molecule has 1 aliphatic carbocycles. The van der Waals surface area contributed by atoms with E-state index in [1.807, 2.05) is 19.2 Å². The van der Waals surface area contributed by atoms with Crippen LogP contribution in [0.4, 0.5) is 5.69 Å². The highest BCUT2D eigenvalue weighted by atomic mass is 16.3. The summed E-state index contributed by atoms with van der Waals surface area (Å²) >= 11 is 0. The summed E-state index contributed by atoms with van der Waals surface area (Å²) in [7, 11) is 2.01. The van der Waals surface area contributed by atoms with Crippen molar-refractivity contribution < 1.29 is 5.11 Å². The Balaban J connectivity index is 1.91. The molecular formula is C13H22N4O. The van der Waals surface area contributed by atoms with E-state index in [0.29, 0.717) is 6.54 Å². The quantitative estimate of drug-likeness (QED) is 0.539. The summed E-state index contributed by atoms with van der Waals surface area (Å²) in [4.78, 5) is 6.42. The molecule has 1 aromatic heterocycles. The number of aromatic nitrogens is 1. The molecule has 0 amide bonds. The first-order valence-corrected chi connectivity index (χ1v) is 6.44. The van der Waals surface area contributed by atoms with Crippen LogP contribution >= 0.6 is 0 Å². The topological polar surface area (TPSA) is 74.4 Å². The van der Waals surface area contributed by atoms with Gasteiger partial charge in [0.25, 0.3) is 0 Å². The van der Waals surface area contributed by atoms with Crippen molar-refractivity contribution in [3.63, 3.8) is 0 Å². The van der Waals surface area contributed by atoms with Crippen LogP contribution in [-0.2, 0) is 6.54 Å². The second-order valence-electron chi connectivity index (χ2n) is 5.28. The maximum atomic E-state index is 10.3. The zero-order valence-corrected chi connectivity index (χ0v) is 10.9. The minimum Gasteiger partial charge on any atom is -0.389 e. The minimum atomic E-state index is -0.502. The molecular weight excluding hydrogens is 228 g/mol. The third-order valence-corrected chi connectivity index (χ3v) is 3.51. The van der Waals surface area contributed by atoms with Crippen LogP contribution < -0.4 is 11.3 Å². The van der Waals surface area contributed by atoms with Crippen LogP contribution in [-0.4, -0.2) is 34.2 Å². The largest absolute Gasteiger partial charge is 0.389 e. The molecule has 4 N–H and O–H groups in total. The van der Waals surface area contributed by atoms with E-state index in [1.54, 1.807) is 6.20 Å². The molecule has 2 rings (SSSR count). The number of hydrogen-bond donors (Lipinski definition) is 3. The molecule has 1 saturated carbocycles. The van der Waals surface area contributed by atoms with Crippen molar-refractivity contribution in [1.82, 2.24) is 9.88 Å². The van der Waals surface area contributed by atoms with Gasteiger partial charge in [-0.25, -0.2) is 0 Å². The van der Waals surface area contributed by atoms with E-state index in [1.165, 1.54) is 0 Å². The fraction of sp³-hybridized carbons (Fsp3) is 0.615. The summed E-state index contributed by atoms with van der Waals surface area (Å²) in [6, 6.07) is 3.75. The van der Waals surface area contributed by atoms with Gasteiger partial charge in [0.15, 0.2) is 0 Å². The molecule has 1 fully saturated rings. The number of likely N-dealkylation sites (N-methyl/N-ethyl adjacent to an activating group) is 1. The first-order valence-electron chi connectivity index (χ1n) is 6.44. The minimum absolute atomic E-state index is 0.502. The molecule has 1 aliphatic rings. The fourth-order valence-electron chi connectivity index (χ4n) is 2.68. The molecule has 0 aliphatic heterocycles. The Morgan fingerprint density at radius 1 is 1.50 bits per heavy atom. The first-order chi connectivity index (χ1) is 8.61. The number of nitrogens with zero attached hydrogens (tertiary/aromatic N) is 2. The highest BCUT2D eigenvalue weighted by molar-refractivity contribution is 5.41. The summed E-state index contributed by atoms with van der Waals surface area (Å²) < 4.78 is 0. The Labute approximate surface area is 108 Å². The average molecular weight is 250 g/mol. The Bertz CT molecular complexity index is 390. The summed E-state index contributed by atoms with van der Waals surface area (Å²) in [6.07, 6.45) is 5.83. The molecule has 0 saturated heterocycles. The van der Waals surface area contributed by atoms with Gasteiger partial charge in [0.05, 0.1) is 17.0 Å². The predicted molar refractivity (Wildman–Crippen MR) is 71.8 cm³/mol. The molecule has 18 heavy (non-hydrogen) atoms. The number of nitrogens with one attached hydrogen (secondary N) is 1. The van der Waals surface area contributed by atoms with Gasteiger partial charge in [0.2, 0.25) is 0 Å². The molecule has 0 unspecified atom stereocenters. The van der Waals surface area contributed by atoms with Gasteiger partial charge in [0, 0.05) is 19.3 Å². The van der Waals surface area contributed by atoms with E-state index in [2.05, 4.69) is 15.3 Å². The van der Waals surface area contributed by atoms with Crippen molar-refractivity contribution in [2.75, 3.05) is 19.0 Å². The van der Waals surface area contributed by atoms with E-state index in [0.717, 1.165) is 43.6 Å². The van der Waals surface area contributed by atoms with Crippen LogP contribution in [0.3, 0.4) is 0 Å². The maximum Gasteiger partial charge on any atom is 0.0774 e. The third kappa shape index (κ3) is 3.41. The smallest absolute Gasteiger partial charge is 0.0774 e. The van der Waals surface area contributed by atoms with Crippen molar-refractivity contribution >= 4 is 5.69 Å². The Hall–Kier alpha value is -1.17. The molecule has 100 valence electrons. The number of anilines is 1. The van der Waals surface area contributed by atoms with Crippen molar-refractivity contribution in [3.05, 3.63) is 24.0 Å². The zero-order valence-electron chi connectivity index (χ0n) is 10.9. The lowest BCUT2D eigenvalue weighted by Gasteiger charge is -2.28. The Kier molecular flexibility index (Phi) is 4.16. The Morgan fingerprint density at radius 3 is 2.89 bits per heavy atom. The van der Waals surface area contributed by atoms with E-state index >= 15 is 0 Å². The average Bonchev–Trinajstić information content (AvgIpc) is 2.75. The molecule has 1 heterocycles. The normalized spacial score (nSPS) is 18.2. The highest BCUT2D eigenvalue weighted by Gasteiger charge is 2.32. The summed E-state index contributed by atoms with van der Waals surface area (Å²) in [5, 5.41) is 10.3. The van der Waals surface area contributed by atoms with Gasteiger partial charge in [-0.1, -0.05) is 12.8 Å². The van der Waals surface area contributed by atoms with Gasteiger partial charge in [-0.3, -0.25) is 15.7 Å². The maximum absolute atomic E-state index is 10.3. The molecule has 0 atom stereocenters. The number of rotatable bonds is 5. The monoisotopic (exact) mass is 250 g/mol. The molecule has 5 nitrogen and oxygen atoms in total. The van der Waals surface area contributed by atoms with E-state index in [4.69, 9.17) is 5.84 Å². The highest BCUT2D eigenvalue weighted by Crippen LogP contribution is 2.30. The lowest BCUT2D eigenvalue weighted by atomic mass is 10.0. The number of hydrogen-bond acceptors (Lipinski definition) is 5. The van der Waals surface area contributed by atoms with Crippen molar-refractivity contribution in [3.8, 4) is 0 Å². The van der Waals surface area contributed by atoms with Crippen LogP contribution in [0.25, 0.3) is 0 Å². The second kappa shape index (κ2) is 5.65. The van der Waals surface area contributed by atoms with Crippen LogP contribution in [0.15, 0.2) is 18.3 Å². The number of nitrogens with two attached hydrogens (primary N) is 1. The van der Waals surface area contributed by atoms with Gasteiger partial charge in [-0.15, -0.1) is 0 Å². The lowest BCUT2D eigenvalue weighted by Crippen LogP contribution is -2.38. The first kappa shape index (κ1) is 13.3. The lowest BCUT2D eigenvalue weighted by molar-refractivity contribution is 0.0143. The van der Waals surface area contributed by atoms with Gasteiger partial charge in [-0.05, 0) is 32.0 Å². The molecule has 1 aromatic rings.